The fraction of sp³-hybridized carbons (Fsp3) is 0.947. The molecule has 7 fully saturated rings. The topological polar surface area (TPSA) is 124 Å². The van der Waals surface area contributed by atoms with E-state index in [4.69, 9.17) is 23.7 Å². The smallest absolute Gasteiger partial charge is 0.409 e. The van der Waals surface area contributed by atoms with E-state index in [9.17, 15) is 19.8 Å². The molecule has 2 saturated heterocycles. The summed E-state index contributed by atoms with van der Waals surface area (Å²) < 4.78 is 30.2. The molecule has 0 aromatic carbocycles. The number of aliphatic hydroxyl groups is 2. The van der Waals surface area contributed by atoms with Crippen LogP contribution < -0.4 is 0 Å². The molecule has 0 aromatic heterocycles. The fourth-order valence-electron chi connectivity index (χ4n) is 13.8. The van der Waals surface area contributed by atoms with Gasteiger partial charge in [0.1, 0.15) is 0 Å². The molecule has 7 rings (SSSR count). The molecule has 2 heterocycles. The molecule has 0 aromatic rings. The van der Waals surface area contributed by atoms with E-state index >= 15 is 0 Å². The van der Waals surface area contributed by atoms with Gasteiger partial charge in [0.15, 0.2) is 12.4 Å². The van der Waals surface area contributed by atoms with E-state index in [1.807, 2.05) is 0 Å². The van der Waals surface area contributed by atoms with E-state index in [1.54, 1.807) is 18.7 Å². The normalized spacial score (nSPS) is 49.7. The highest BCUT2D eigenvalue weighted by molar-refractivity contribution is 5.67. The van der Waals surface area contributed by atoms with Gasteiger partial charge in [-0.1, -0.05) is 34.6 Å². The quantitative estimate of drug-likeness (QED) is 0.373. The van der Waals surface area contributed by atoms with Gasteiger partial charge in [-0.2, -0.15) is 0 Å². The Balaban J connectivity index is 1.12. The van der Waals surface area contributed by atoms with Gasteiger partial charge in [-0.3, -0.25) is 4.79 Å². The van der Waals surface area contributed by atoms with E-state index in [-0.39, 0.29) is 57.2 Å². The Kier molecular flexibility index (Phi) is 8.21. The Morgan fingerprint density at radius 3 is 2.38 bits per heavy atom. The summed E-state index contributed by atoms with van der Waals surface area (Å²) in [4.78, 5) is 26.0. The molecule has 4 unspecified atom stereocenters. The zero-order valence-corrected chi connectivity index (χ0v) is 30.8. The molecule has 7 aliphatic rings. The van der Waals surface area contributed by atoms with Gasteiger partial charge in [-0.15, -0.1) is 0 Å². The molecule has 0 bridgehead atoms. The zero-order valence-electron chi connectivity index (χ0n) is 30.8. The summed E-state index contributed by atoms with van der Waals surface area (Å²) in [7, 11) is 1.41. The lowest BCUT2D eigenvalue weighted by Gasteiger charge is -2.64. The third-order valence-corrected chi connectivity index (χ3v) is 15.9. The first-order chi connectivity index (χ1) is 22.4. The summed E-state index contributed by atoms with van der Waals surface area (Å²) in [5.41, 5.74) is -1.26. The average Bonchev–Trinajstić information content (AvgIpc) is 3.65. The van der Waals surface area contributed by atoms with E-state index in [1.165, 1.54) is 26.9 Å². The molecule has 10 nitrogen and oxygen atoms in total. The lowest BCUT2D eigenvalue weighted by atomic mass is 9.41. The maximum Gasteiger partial charge on any atom is 0.409 e. The number of esters is 1. The molecule has 0 radical (unpaired) electrons. The third kappa shape index (κ3) is 4.66. The maximum absolute atomic E-state index is 12.6. The van der Waals surface area contributed by atoms with Crippen molar-refractivity contribution >= 4 is 12.1 Å². The Labute approximate surface area is 286 Å². The molecular formula is C38H61NO9. The number of carbonyl (C=O) groups is 2. The van der Waals surface area contributed by atoms with Crippen molar-refractivity contribution in [3.63, 3.8) is 0 Å². The fourth-order valence-corrected chi connectivity index (χ4v) is 13.8. The SMILES string of the molecule is COC(=O)N1CCO[C@@H](O[C@H]2CC[C@]34CC35CC[C@]3(C)[C@@H]6C(OC([C@H](OC(C)=O)C(C)(C)O)C[C@H]6C)[C@H](O)[C@@]3(C)C5CC[C@H]4C2(C)C)C1. The first-order valence-corrected chi connectivity index (χ1v) is 18.7. The van der Waals surface area contributed by atoms with Gasteiger partial charge in [0.05, 0.1) is 50.3 Å². The molecule has 5 saturated carbocycles. The Morgan fingerprint density at radius 1 is 1.02 bits per heavy atom. The molecule has 272 valence electrons. The highest BCUT2D eigenvalue weighted by atomic mass is 16.7. The minimum Gasteiger partial charge on any atom is -0.457 e. The van der Waals surface area contributed by atoms with Crippen molar-refractivity contribution in [1.29, 1.82) is 0 Å². The van der Waals surface area contributed by atoms with Crippen LogP contribution in [0.5, 0.6) is 0 Å². The van der Waals surface area contributed by atoms with Crippen LogP contribution in [-0.2, 0) is 28.5 Å². The summed E-state index contributed by atoms with van der Waals surface area (Å²) in [6, 6.07) is 0. The molecule has 2 N–H and O–H groups in total. The van der Waals surface area contributed by atoms with Crippen molar-refractivity contribution in [2.75, 3.05) is 26.8 Å². The van der Waals surface area contributed by atoms with Gasteiger partial charge < -0.3 is 38.8 Å². The van der Waals surface area contributed by atoms with Gasteiger partial charge in [0.25, 0.3) is 0 Å². The molecule has 2 spiro atoms. The largest absolute Gasteiger partial charge is 0.457 e. The van der Waals surface area contributed by atoms with Crippen molar-refractivity contribution in [2.45, 2.75) is 149 Å². The van der Waals surface area contributed by atoms with Gasteiger partial charge in [-0.05, 0) is 111 Å². The van der Waals surface area contributed by atoms with Crippen LogP contribution in [0.4, 0.5) is 4.79 Å². The number of aliphatic hydroxyl groups excluding tert-OH is 1. The number of rotatable bonds is 5. The second-order valence-corrected chi connectivity index (χ2v) is 18.6. The Morgan fingerprint density at radius 2 is 1.71 bits per heavy atom. The van der Waals surface area contributed by atoms with Crippen LogP contribution in [0.25, 0.3) is 0 Å². The van der Waals surface area contributed by atoms with Crippen molar-refractivity contribution in [3.8, 4) is 0 Å². The van der Waals surface area contributed by atoms with E-state index in [0.29, 0.717) is 38.0 Å². The summed E-state index contributed by atoms with van der Waals surface area (Å²) in [6.07, 6.45) is 5.42. The highest BCUT2D eigenvalue weighted by Crippen LogP contribution is 2.89. The number of amides is 1. The number of morpholine rings is 1. The molecule has 14 atom stereocenters. The van der Waals surface area contributed by atoms with E-state index in [0.717, 1.165) is 32.1 Å². The van der Waals surface area contributed by atoms with Crippen LogP contribution in [0, 0.1) is 50.7 Å². The summed E-state index contributed by atoms with van der Waals surface area (Å²) in [5.74, 6) is 0.925. The van der Waals surface area contributed by atoms with Crippen molar-refractivity contribution in [2.24, 2.45) is 50.7 Å². The first-order valence-electron chi connectivity index (χ1n) is 18.7. The number of methoxy groups -OCH3 is 1. The van der Waals surface area contributed by atoms with Crippen LogP contribution in [-0.4, -0.2) is 96.4 Å². The standard InChI is InChI=1S/C38H61NO9/c1-21-18-23(31(34(5,6)43)46-22(2)40)47-29-28(21)35(7)14-15-38-20-37(38)13-12-26(48-27-19-39(16-17-45-27)32(42)44-9)33(3,4)24(37)10-11-25(38)36(35,8)30(29)41/h21,23-31,41,43H,10-20H2,1-9H3/t21-,23?,24+,25?,26+,27+,28+,29?,30+,31+,35-,36-,37-,38?/m1/s1. The predicted molar refractivity (Wildman–Crippen MR) is 177 cm³/mol. The average molecular weight is 676 g/mol. The molecule has 10 heteroatoms. The summed E-state index contributed by atoms with van der Waals surface area (Å²) in [5, 5.41) is 23.6. The summed E-state index contributed by atoms with van der Waals surface area (Å²) in [6.45, 7) is 17.9. The van der Waals surface area contributed by atoms with Crippen molar-refractivity contribution in [3.05, 3.63) is 0 Å². The number of nitrogens with zero attached hydrogens (tertiary/aromatic N) is 1. The van der Waals surface area contributed by atoms with Crippen molar-refractivity contribution < 1.29 is 43.5 Å². The second kappa shape index (κ2) is 11.3. The summed E-state index contributed by atoms with van der Waals surface area (Å²) >= 11 is 0. The minimum absolute atomic E-state index is 0.0430. The number of hydrogen-bond acceptors (Lipinski definition) is 9. The van der Waals surface area contributed by atoms with E-state index in [2.05, 4.69) is 34.6 Å². The minimum atomic E-state index is -1.27. The van der Waals surface area contributed by atoms with Crippen LogP contribution in [0.3, 0.4) is 0 Å². The van der Waals surface area contributed by atoms with Gasteiger partial charge in [-0.25, -0.2) is 4.79 Å². The van der Waals surface area contributed by atoms with Crippen LogP contribution >= 0.6 is 0 Å². The lowest BCUT2D eigenvalue weighted by molar-refractivity contribution is -0.246. The predicted octanol–water partition coefficient (Wildman–Crippen LogP) is 5.31. The molecule has 48 heavy (non-hydrogen) atoms. The zero-order chi connectivity index (χ0) is 34.8. The van der Waals surface area contributed by atoms with Gasteiger partial charge in [0, 0.05) is 18.9 Å². The molecule has 1 amide bonds. The molecular weight excluding hydrogens is 614 g/mol. The third-order valence-electron chi connectivity index (χ3n) is 15.9. The van der Waals surface area contributed by atoms with E-state index < -0.39 is 36.2 Å². The van der Waals surface area contributed by atoms with Crippen LogP contribution in [0.2, 0.25) is 0 Å². The monoisotopic (exact) mass is 675 g/mol. The number of fused-ring (bicyclic) bond motifs is 4. The first kappa shape index (κ1) is 35.0. The van der Waals surface area contributed by atoms with Gasteiger partial charge in [0.2, 0.25) is 0 Å². The van der Waals surface area contributed by atoms with Gasteiger partial charge >= 0.3 is 12.1 Å². The number of ether oxygens (including phenoxy) is 5. The number of carbonyl (C=O) groups excluding carboxylic acids is 2. The number of hydrogen-bond donors (Lipinski definition) is 2. The van der Waals surface area contributed by atoms with Crippen LogP contribution in [0.1, 0.15) is 107 Å². The Bertz CT molecular complexity index is 1300. The van der Waals surface area contributed by atoms with Crippen LogP contribution in [0.15, 0.2) is 0 Å². The Hall–Kier alpha value is -1.46. The molecule has 5 aliphatic carbocycles. The maximum atomic E-state index is 12.6. The van der Waals surface area contributed by atoms with Crippen molar-refractivity contribution in [1.82, 2.24) is 4.90 Å². The lowest BCUT2D eigenvalue weighted by Crippen LogP contribution is -2.60. The second-order valence-electron chi connectivity index (χ2n) is 18.6. The molecule has 2 aliphatic heterocycles. The highest BCUT2D eigenvalue weighted by Gasteiger charge is 2.84.